The lowest BCUT2D eigenvalue weighted by Crippen LogP contribution is -2.36. The molecule has 1 fully saturated rings. The van der Waals surface area contributed by atoms with Gasteiger partial charge in [0.1, 0.15) is 11.4 Å². The fraction of sp³-hybridized carbons (Fsp3) is 0.360. The number of nitrogens with zero attached hydrogens (tertiary/aromatic N) is 3. The van der Waals surface area contributed by atoms with E-state index in [1.165, 1.54) is 5.56 Å². The Labute approximate surface area is 187 Å². The van der Waals surface area contributed by atoms with Gasteiger partial charge in [0.2, 0.25) is 0 Å². The van der Waals surface area contributed by atoms with Gasteiger partial charge in [-0.2, -0.15) is 0 Å². The minimum atomic E-state index is -0.297. The number of pyridine rings is 1. The SMILES string of the molecule is CCOC(=O)c1cc(-c2cccnc2)c2n1CCc1cc(OC)c(N3CCOCC3)cc1-2. The lowest BCUT2D eigenvalue weighted by molar-refractivity contribution is 0.0514. The molecule has 1 aromatic carbocycles. The molecule has 5 rings (SSSR count). The van der Waals surface area contributed by atoms with Gasteiger partial charge in [-0.15, -0.1) is 0 Å². The van der Waals surface area contributed by atoms with Gasteiger partial charge in [0, 0.05) is 48.7 Å². The maximum atomic E-state index is 12.8. The number of aromatic nitrogens is 2. The van der Waals surface area contributed by atoms with Crippen molar-refractivity contribution in [2.75, 3.05) is 44.9 Å². The first-order valence-corrected chi connectivity index (χ1v) is 11.1. The summed E-state index contributed by atoms with van der Waals surface area (Å²) in [5.74, 6) is 0.577. The van der Waals surface area contributed by atoms with Crippen LogP contribution in [0.2, 0.25) is 0 Å². The molecule has 0 bridgehead atoms. The van der Waals surface area contributed by atoms with Gasteiger partial charge >= 0.3 is 5.97 Å². The summed E-state index contributed by atoms with van der Waals surface area (Å²) in [6, 6.07) is 10.2. The first-order chi connectivity index (χ1) is 15.7. The van der Waals surface area contributed by atoms with Crippen molar-refractivity contribution in [3.63, 3.8) is 0 Å². The zero-order valence-electron chi connectivity index (χ0n) is 18.5. The van der Waals surface area contributed by atoms with Crippen molar-refractivity contribution in [1.82, 2.24) is 9.55 Å². The molecule has 166 valence electrons. The van der Waals surface area contributed by atoms with E-state index >= 15 is 0 Å². The number of hydrogen-bond acceptors (Lipinski definition) is 6. The van der Waals surface area contributed by atoms with E-state index in [2.05, 4.69) is 26.6 Å². The summed E-state index contributed by atoms with van der Waals surface area (Å²) in [6.07, 6.45) is 4.41. The molecule has 0 radical (unpaired) electrons. The normalized spacial score (nSPS) is 15.1. The molecule has 2 aliphatic heterocycles. The van der Waals surface area contributed by atoms with E-state index in [1.54, 1.807) is 13.3 Å². The summed E-state index contributed by atoms with van der Waals surface area (Å²) < 4.78 is 18.8. The van der Waals surface area contributed by atoms with Gasteiger partial charge in [0.05, 0.1) is 38.3 Å². The van der Waals surface area contributed by atoms with Crippen LogP contribution in [-0.4, -0.2) is 55.5 Å². The van der Waals surface area contributed by atoms with E-state index in [9.17, 15) is 4.79 Å². The molecule has 7 heteroatoms. The van der Waals surface area contributed by atoms with Crippen LogP contribution in [0.15, 0.2) is 42.7 Å². The van der Waals surface area contributed by atoms with Crippen LogP contribution < -0.4 is 9.64 Å². The van der Waals surface area contributed by atoms with Crippen molar-refractivity contribution in [3.8, 4) is 28.1 Å². The Hall–Kier alpha value is -3.32. The van der Waals surface area contributed by atoms with Crippen LogP contribution in [0.4, 0.5) is 5.69 Å². The Bertz CT molecular complexity index is 1130. The maximum Gasteiger partial charge on any atom is 0.354 e. The first kappa shape index (κ1) is 20.6. The monoisotopic (exact) mass is 433 g/mol. The van der Waals surface area contributed by atoms with Crippen molar-refractivity contribution >= 4 is 11.7 Å². The summed E-state index contributed by atoms with van der Waals surface area (Å²) in [6.45, 7) is 5.91. The number of hydrogen-bond donors (Lipinski definition) is 0. The quantitative estimate of drug-likeness (QED) is 0.571. The van der Waals surface area contributed by atoms with Crippen molar-refractivity contribution in [3.05, 3.63) is 54.0 Å². The number of esters is 1. The largest absolute Gasteiger partial charge is 0.495 e. The predicted octanol–water partition coefficient (Wildman–Crippen LogP) is 3.80. The van der Waals surface area contributed by atoms with Gasteiger partial charge in [0.25, 0.3) is 0 Å². The van der Waals surface area contributed by atoms with Crippen molar-refractivity contribution in [2.45, 2.75) is 19.9 Å². The highest BCUT2D eigenvalue weighted by Crippen LogP contribution is 2.44. The Kier molecular flexibility index (Phi) is 5.57. The van der Waals surface area contributed by atoms with Crippen molar-refractivity contribution in [1.29, 1.82) is 0 Å². The lowest BCUT2D eigenvalue weighted by Gasteiger charge is -2.32. The number of morpholine rings is 1. The van der Waals surface area contributed by atoms with E-state index in [0.29, 0.717) is 32.1 Å². The fourth-order valence-electron chi connectivity index (χ4n) is 4.67. The highest BCUT2D eigenvalue weighted by atomic mass is 16.5. The van der Waals surface area contributed by atoms with Gasteiger partial charge < -0.3 is 23.7 Å². The third-order valence-corrected chi connectivity index (χ3v) is 6.17. The average molecular weight is 434 g/mol. The minimum Gasteiger partial charge on any atom is -0.495 e. The molecule has 0 saturated carbocycles. The average Bonchev–Trinajstić information content (AvgIpc) is 3.25. The number of anilines is 1. The van der Waals surface area contributed by atoms with Crippen LogP contribution in [-0.2, 0) is 22.4 Å². The molecule has 3 aromatic rings. The van der Waals surface area contributed by atoms with Crippen LogP contribution in [0.25, 0.3) is 22.4 Å². The molecule has 0 spiro atoms. The summed E-state index contributed by atoms with van der Waals surface area (Å²) in [7, 11) is 1.72. The van der Waals surface area contributed by atoms with Crippen LogP contribution >= 0.6 is 0 Å². The second kappa shape index (κ2) is 8.67. The number of methoxy groups -OCH3 is 1. The molecule has 0 aliphatic carbocycles. The van der Waals surface area contributed by atoms with Crippen LogP contribution in [0.5, 0.6) is 5.75 Å². The molecule has 2 aromatic heterocycles. The zero-order valence-corrected chi connectivity index (χ0v) is 18.5. The fourth-order valence-corrected chi connectivity index (χ4v) is 4.67. The van der Waals surface area contributed by atoms with Crippen LogP contribution in [0.3, 0.4) is 0 Å². The molecular formula is C25H27N3O4. The lowest BCUT2D eigenvalue weighted by atomic mass is 9.93. The van der Waals surface area contributed by atoms with Gasteiger partial charge in [-0.05, 0) is 43.2 Å². The first-order valence-electron chi connectivity index (χ1n) is 11.1. The molecule has 7 nitrogen and oxygen atoms in total. The summed E-state index contributed by atoms with van der Waals surface area (Å²) >= 11 is 0. The van der Waals surface area contributed by atoms with Crippen molar-refractivity contribution in [2.24, 2.45) is 0 Å². The number of carbonyl (C=O) groups excluding carboxylic acids is 1. The highest BCUT2D eigenvalue weighted by molar-refractivity contribution is 5.96. The molecule has 0 atom stereocenters. The van der Waals surface area contributed by atoms with Crippen LogP contribution in [0, 0.1) is 0 Å². The van der Waals surface area contributed by atoms with Crippen molar-refractivity contribution < 1.29 is 19.0 Å². The van der Waals surface area contributed by atoms with E-state index in [0.717, 1.165) is 53.3 Å². The summed E-state index contributed by atoms with van der Waals surface area (Å²) in [5.41, 5.74) is 6.95. The van der Waals surface area contributed by atoms with Gasteiger partial charge in [-0.25, -0.2) is 4.79 Å². The topological polar surface area (TPSA) is 65.8 Å². The van der Waals surface area contributed by atoms with Crippen LogP contribution in [0.1, 0.15) is 23.0 Å². The summed E-state index contributed by atoms with van der Waals surface area (Å²) in [5, 5.41) is 0. The Morgan fingerprint density at radius 2 is 2.00 bits per heavy atom. The van der Waals surface area contributed by atoms with E-state index in [-0.39, 0.29) is 5.97 Å². The number of carbonyl (C=O) groups is 1. The zero-order chi connectivity index (χ0) is 22.1. The number of ether oxygens (including phenoxy) is 3. The second-order valence-corrected chi connectivity index (χ2v) is 7.94. The highest BCUT2D eigenvalue weighted by Gasteiger charge is 2.29. The van der Waals surface area contributed by atoms with Gasteiger partial charge in [-0.1, -0.05) is 6.07 Å². The third-order valence-electron chi connectivity index (χ3n) is 6.17. The second-order valence-electron chi connectivity index (χ2n) is 7.94. The van der Waals surface area contributed by atoms with E-state index < -0.39 is 0 Å². The van der Waals surface area contributed by atoms with Gasteiger partial charge in [-0.3, -0.25) is 4.98 Å². The Morgan fingerprint density at radius 3 is 2.72 bits per heavy atom. The van der Waals surface area contributed by atoms with Gasteiger partial charge in [0.15, 0.2) is 0 Å². The Balaban J connectivity index is 1.71. The predicted molar refractivity (Wildman–Crippen MR) is 122 cm³/mol. The number of aryl methyl sites for hydroxylation is 1. The molecule has 2 aliphatic rings. The third kappa shape index (κ3) is 3.52. The molecule has 1 saturated heterocycles. The number of benzene rings is 1. The summed E-state index contributed by atoms with van der Waals surface area (Å²) in [4.78, 5) is 19.4. The number of fused-ring (bicyclic) bond motifs is 3. The van der Waals surface area contributed by atoms with E-state index in [1.807, 2.05) is 31.3 Å². The molecule has 0 amide bonds. The molecule has 0 N–H and O–H groups in total. The maximum absolute atomic E-state index is 12.8. The molecule has 4 heterocycles. The molecular weight excluding hydrogens is 406 g/mol. The Morgan fingerprint density at radius 1 is 1.16 bits per heavy atom. The molecule has 32 heavy (non-hydrogen) atoms. The molecule has 0 unspecified atom stereocenters. The standard InChI is InChI=1S/C25H27N3O4/c1-3-32-25(29)22-15-20(18-5-4-7-26-16-18)24-19-14-21(27-9-11-31-12-10-27)23(30-2)13-17(19)6-8-28(22)24/h4-5,7,13-16H,3,6,8-12H2,1-2H3. The minimum absolute atomic E-state index is 0.297. The number of rotatable bonds is 5. The smallest absolute Gasteiger partial charge is 0.354 e. The van der Waals surface area contributed by atoms with E-state index in [4.69, 9.17) is 14.2 Å².